The number of nitrogens with zero attached hydrogens (tertiary/aromatic N) is 1. The summed E-state index contributed by atoms with van der Waals surface area (Å²) in [6, 6.07) is 4.97. The van der Waals surface area contributed by atoms with Gasteiger partial charge in [-0.15, -0.1) is 0 Å². The van der Waals surface area contributed by atoms with Crippen molar-refractivity contribution >= 4 is 21.7 Å². The van der Waals surface area contributed by atoms with E-state index < -0.39 is 22.0 Å². The molecule has 1 aromatic rings. The lowest BCUT2D eigenvalue weighted by atomic mass is 10.3. The van der Waals surface area contributed by atoms with Gasteiger partial charge in [0.2, 0.25) is 10.0 Å². The van der Waals surface area contributed by atoms with Gasteiger partial charge in [-0.3, -0.25) is 4.79 Å². The van der Waals surface area contributed by atoms with E-state index in [2.05, 4.69) is 4.74 Å². The van der Waals surface area contributed by atoms with Crippen molar-refractivity contribution in [3.63, 3.8) is 0 Å². The van der Waals surface area contributed by atoms with Crippen LogP contribution < -0.4 is 5.73 Å². The minimum Gasteiger partial charge on any atom is -0.468 e. The first-order chi connectivity index (χ1) is 9.46. The fourth-order valence-corrected chi connectivity index (χ4v) is 3.61. The smallest absolute Gasteiger partial charge is 0.326 e. The van der Waals surface area contributed by atoms with E-state index in [-0.39, 0.29) is 24.7 Å². The molecule has 1 saturated heterocycles. The molecule has 8 heteroatoms. The largest absolute Gasteiger partial charge is 0.468 e. The molecule has 0 aromatic heterocycles. The van der Waals surface area contributed by atoms with Gasteiger partial charge in [-0.25, -0.2) is 8.42 Å². The molecule has 0 radical (unpaired) electrons. The number of hydrogen-bond donors (Lipinski definition) is 1. The first-order valence-corrected chi connectivity index (χ1v) is 7.44. The number of ether oxygens (including phenoxy) is 2. The quantitative estimate of drug-likeness (QED) is 0.615. The minimum absolute atomic E-state index is 0.0196. The fourth-order valence-electron chi connectivity index (χ4n) is 2.01. The molecule has 2 N–H and O–H groups in total. The maximum Gasteiger partial charge on any atom is 0.326 e. The molecular weight excluding hydrogens is 284 g/mol. The van der Waals surface area contributed by atoms with E-state index in [0.29, 0.717) is 5.69 Å². The van der Waals surface area contributed by atoms with Gasteiger partial charge in [-0.1, -0.05) is 6.07 Å². The molecule has 0 amide bonds. The summed E-state index contributed by atoms with van der Waals surface area (Å²) >= 11 is 0. The van der Waals surface area contributed by atoms with Crippen molar-refractivity contribution in [2.75, 3.05) is 32.6 Å². The average Bonchev–Trinajstić information content (AvgIpc) is 2.46. The van der Waals surface area contributed by atoms with Crippen LogP contribution in [0.3, 0.4) is 0 Å². The molecule has 7 nitrogen and oxygen atoms in total. The molecule has 1 aromatic carbocycles. The van der Waals surface area contributed by atoms with Crippen LogP contribution in [-0.2, 0) is 24.3 Å². The fraction of sp³-hybridized carbons (Fsp3) is 0.417. The summed E-state index contributed by atoms with van der Waals surface area (Å²) in [7, 11) is -2.61. The molecule has 1 aliphatic heterocycles. The van der Waals surface area contributed by atoms with E-state index in [1.54, 1.807) is 12.1 Å². The predicted molar refractivity (Wildman–Crippen MR) is 71.4 cm³/mol. The molecule has 2 rings (SSSR count). The number of sulfonamides is 1. The number of benzene rings is 1. The lowest BCUT2D eigenvalue weighted by Gasteiger charge is -2.32. The molecule has 0 bridgehead atoms. The van der Waals surface area contributed by atoms with E-state index in [0.717, 1.165) is 4.31 Å². The van der Waals surface area contributed by atoms with Crippen LogP contribution in [0.25, 0.3) is 0 Å². The number of hydrogen-bond acceptors (Lipinski definition) is 6. The van der Waals surface area contributed by atoms with E-state index in [1.807, 2.05) is 0 Å². The zero-order valence-corrected chi connectivity index (χ0v) is 11.8. The van der Waals surface area contributed by atoms with Crippen LogP contribution in [0.15, 0.2) is 29.2 Å². The van der Waals surface area contributed by atoms with Crippen LogP contribution >= 0.6 is 0 Å². The Bertz CT molecular complexity index is 602. The van der Waals surface area contributed by atoms with Gasteiger partial charge >= 0.3 is 5.97 Å². The van der Waals surface area contributed by atoms with E-state index in [4.69, 9.17) is 10.5 Å². The molecule has 0 saturated carbocycles. The zero-order chi connectivity index (χ0) is 14.8. The van der Waals surface area contributed by atoms with Crippen molar-refractivity contribution in [2.24, 2.45) is 0 Å². The Morgan fingerprint density at radius 1 is 1.50 bits per heavy atom. The second kappa shape index (κ2) is 5.78. The Kier molecular flexibility index (Phi) is 4.26. The highest BCUT2D eigenvalue weighted by Crippen LogP contribution is 2.22. The summed E-state index contributed by atoms with van der Waals surface area (Å²) in [6.45, 7) is 0.306. The third kappa shape index (κ3) is 2.77. The van der Waals surface area contributed by atoms with Gasteiger partial charge in [0.15, 0.2) is 0 Å². The number of esters is 1. The van der Waals surface area contributed by atoms with E-state index >= 15 is 0 Å². The highest BCUT2D eigenvalue weighted by molar-refractivity contribution is 7.89. The molecular formula is C12H16N2O5S. The van der Waals surface area contributed by atoms with Gasteiger partial charge in [0.1, 0.15) is 6.04 Å². The molecule has 0 spiro atoms. The van der Waals surface area contributed by atoms with Crippen LogP contribution in [0.1, 0.15) is 0 Å². The van der Waals surface area contributed by atoms with Crippen LogP contribution in [-0.4, -0.2) is 51.6 Å². The number of methoxy groups -OCH3 is 1. The maximum atomic E-state index is 12.6. The van der Waals surface area contributed by atoms with Crippen molar-refractivity contribution in [3.05, 3.63) is 24.3 Å². The van der Waals surface area contributed by atoms with Gasteiger partial charge < -0.3 is 15.2 Å². The predicted octanol–water partition coefficient (Wildman–Crippen LogP) is -0.169. The highest BCUT2D eigenvalue weighted by atomic mass is 32.2. The number of morpholine rings is 1. The Morgan fingerprint density at radius 2 is 2.25 bits per heavy atom. The normalized spacial score (nSPS) is 20.6. The van der Waals surface area contributed by atoms with Crippen molar-refractivity contribution in [3.8, 4) is 0 Å². The first kappa shape index (κ1) is 14.8. The third-order valence-corrected chi connectivity index (χ3v) is 4.92. The Labute approximate surface area is 117 Å². The van der Waals surface area contributed by atoms with Gasteiger partial charge in [0.25, 0.3) is 0 Å². The summed E-state index contributed by atoms with van der Waals surface area (Å²) in [4.78, 5) is 11.7. The molecule has 110 valence electrons. The van der Waals surface area contributed by atoms with Gasteiger partial charge in [-0.2, -0.15) is 4.31 Å². The summed E-state index contributed by atoms with van der Waals surface area (Å²) in [5.74, 6) is -0.642. The van der Waals surface area contributed by atoms with Crippen LogP contribution in [0, 0.1) is 0 Å². The molecule has 1 aliphatic rings. The molecule has 1 fully saturated rings. The second-order valence-corrected chi connectivity index (χ2v) is 6.19. The van der Waals surface area contributed by atoms with Crippen LogP contribution in [0.2, 0.25) is 0 Å². The number of anilines is 1. The van der Waals surface area contributed by atoms with E-state index in [1.165, 1.54) is 19.2 Å². The molecule has 20 heavy (non-hydrogen) atoms. The van der Waals surface area contributed by atoms with Crippen LogP contribution in [0.4, 0.5) is 5.69 Å². The zero-order valence-electron chi connectivity index (χ0n) is 11.0. The summed E-state index contributed by atoms with van der Waals surface area (Å²) in [5, 5.41) is 0. The van der Waals surface area contributed by atoms with Gasteiger partial charge in [-0.05, 0) is 18.2 Å². The first-order valence-electron chi connectivity index (χ1n) is 6.00. The highest BCUT2D eigenvalue weighted by Gasteiger charge is 2.39. The second-order valence-electron chi connectivity index (χ2n) is 4.30. The van der Waals surface area contributed by atoms with Gasteiger partial charge in [0, 0.05) is 12.2 Å². The van der Waals surface area contributed by atoms with Crippen molar-refractivity contribution in [1.82, 2.24) is 4.31 Å². The monoisotopic (exact) mass is 300 g/mol. The molecule has 1 heterocycles. The summed E-state index contributed by atoms with van der Waals surface area (Å²) in [5.41, 5.74) is 5.95. The van der Waals surface area contributed by atoms with Crippen LogP contribution in [0.5, 0.6) is 0 Å². The lowest BCUT2D eigenvalue weighted by molar-refractivity contribution is -0.149. The number of rotatable bonds is 3. The summed E-state index contributed by atoms with van der Waals surface area (Å²) < 4.78 is 36.0. The Hall–Kier alpha value is -1.64. The van der Waals surface area contributed by atoms with Crippen molar-refractivity contribution in [2.45, 2.75) is 10.9 Å². The lowest BCUT2D eigenvalue weighted by Crippen LogP contribution is -2.52. The molecule has 1 atom stereocenters. The minimum atomic E-state index is -3.82. The van der Waals surface area contributed by atoms with Gasteiger partial charge in [0.05, 0.1) is 25.2 Å². The molecule has 1 unspecified atom stereocenters. The molecule has 0 aliphatic carbocycles. The summed E-state index contributed by atoms with van der Waals surface area (Å²) in [6.07, 6.45) is 0. The van der Waals surface area contributed by atoms with Crippen molar-refractivity contribution < 1.29 is 22.7 Å². The average molecular weight is 300 g/mol. The maximum absolute atomic E-state index is 12.6. The number of nitrogen functional groups attached to an aromatic ring is 1. The Morgan fingerprint density at radius 3 is 2.90 bits per heavy atom. The number of nitrogens with two attached hydrogens (primary N) is 1. The SMILES string of the molecule is COC(=O)C1COCCN1S(=O)(=O)c1cccc(N)c1. The third-order valence-electron chi connectivity index (χ3n) is 3.02. The standard InChI is InChI=1S/C12H16N2O5S/c1-18-12(15)11-8-19-6-5-14(11)20(16,17)10-4-2-3-9(13)7-10/h2-4,7,11H,5-6,8,13H2,1H3. The number of carbonyl (C=O) groups excluding carboxylic acids is 1. The number of carbonyl (C=O) groups is 1. The van der Waals surface area contributed by atoms with Crippen molar-refractivity contribution in [1.29, 1.82) is 0 Å². The topological polar surface area (TPSA) is 98.9 Å². The Balaban J connectivity index is 2.38. The van der Waals surface area contributed by atoms with E-state index in [9.17, 15) is 13.2 Å².